The first-order chi connectivity index (χ1) is 27.8. The molecule has 0 saturated heterocycles. The first-order valence-corrected chi connectivity index (χ1v) is 19.0. The maximum absolute atomic E-state index is 5.27. The van der Waals surface area contributed by atoms with Gasteiger partial charge in [-0.25, -0.2) is 9.97 Å². The van der Waals surface area contributed by atoms with Gasteiger partial charge in [0.25, 0.3) is 0 Å². The van der Waals surface area contributed by atoms with Crippen LogP contribution in [0.1, 0.15) is 0 Å². The average Bonchev–Trinajstić information content (AvgIpc) is 3.78. The van der Waals surface area contributed by atoms with Gasteiger partial charge < -0.3 is 4.57 Å². The Morgan fingerprint density at radius 1 is 0.286 bits per heavy atom. The van der Waals surface area contributed by atoms with Gasteiger partial charge in [0.05, 0.1) is 27.8 Å². The first kappa shape index (κ1) is 31.9. The molecular weight excluding hydrogens is 681 g/mol. The lowest BCUT2D eigenvalue weighted by Crippen LogP contribution is -2.02. The largest absolute Gasteiger partial charge is 0.309 e. The van der Waals surface area contributed by atoms with Crippen LogP contribution in [-0.2, 0) is 0 Å². The Balaban J connectivity index is 1.13. The standard InChI is InChI=1S/C52H34N4/c1-4-15-35(16-5-1)36-27-29-37(30-28-36)40-21-14-22-41(31-40)55-47-25-12-10-23-42(47)44-33-50-45(32-49(44)55)43-24-11-13-26-48(43)56(50)51-34-46(38-17-6-2-7-18-38)53-52(54-51)39-19-8-3-9-20-39/h1-34H. The minimum absolute atomic E-state index is 0.695. The monoisotopic (exact) mass is 714 g/mol. The van der Waals surface area contributed by atoms with Crippen molar-refractivity contribution < 1.29 is 0 Å². The Morgan fingerprint density at radius 2 is 0.768 bits per heavy atom. The van der Waals surface area contributed by atoms with Gasteiger partial charge in [-0.2, -0.15) is 0 Å². The third kappa shape index (κ3) is 5.31. The zero-order valence-corrected chi connectivity index (χ0v) is 30.4. The summed E-state index contributed by atoms with van der Waals surface area (Å²) in [5.41, 5.74) is 13.4. The van der Waals surface area contributed by atoms with Crippen molar-refractivity contribution >= 4 is 43.6 Å². The fourth-order valence-corrected chi connectivity index (χ4v) is 8.29. The van der Waals surface area contributed by atoms with E-state index >= 15 is 0 Å². The molecule has 0 fully saturated rings. The van der Waals surface area contributed by atoms with Gasteiger partial charge in [0, 0.05) is 44.4 Å². The highest BCUT2D eigenvalue weighted by Crippen LogP contribution is 2.40. The molecule has 3 heterocycles. The van der Waals surface area contributed by atoms with E-state index in [4.69, 9.17) is 9.97 Å². The van der Waals surface area contributed by atoms with Crippen molar-refractivity contribution in [2.45, 2.75) is 0 Å². The van der Waals surface area contributed by atoms with Gasteiger partial charge in [-0.15, -0.1) is 0 Å². The number of hydrogen-bond acceptors (Lipinski definition) is 2. The van der Waals surface area contributed by atoms with Crippen molar-refractivity contribution in [3.63, 3.8) is 0 Å². The van der Waals surface area contributed by atoms with E-state index in [1.807, 2.05) is 24.3 Å². The highest BCUT2D eigenvalue weighted by Gasteiger charge is 2.20. The van der Waals surface area contributed by atoms with Crippen LogP contribution in [0.3, 0.4) is 0 Å². The van der Waals surface area contributed by atoms with Gasteiger partial charge in [0.1, 0.15) is 5.82 Å². The fourth-order valence-electron chi connectivity index (χ4n) is 8.29. The number of nitrogens with zero attached hydrogens (tertiary/aromatic N) is 4. The maximum atomic E-state index is 5.27. The molecule has 0 aliphatic heterocycles. The minimum atomic E-state index is 0.695. The summed E-state index contributed by atoms with van der Waals surface area (Å²) in [6.07, 6.45) is 0. The Hall–Kier alpha value is -7.56. The van der Waals surface area contributed by atoms with Crippen LogP contribution in [0, 0.1) is 0 Å². The van der Waals surface area contributed by atoms with Gasteiger partial charge in [0.15, 0.2) is 5.82 Å². The topological polar surface area (TPSA) is 35.6 Å². The van der Waals surface area contributed by atoms with Crippen LogP contribution in [-0.4, -0.2) is 19.1 Å². The van der Waals surface area contributed by atoms with Gasteiger partial charge in [-0.05, 0) is 58.7 Å². The minimum Gasteiger partial charge on any atom is -0.309 e. The molecule has 56 heavy (non-hydrogen) atoms. The molecule has 11 rings (SSSR count). The summed E-state index contributed by atoms with van der Waals surface area (Å²) in [4.78, 5) is 10.4. The Morgan fingerprint density at radius 3 is 1.41 bits per heavy atom. The number of fused-ring (bicyclic) bond motifs is 6. The molecular formula is C52H34N4. The second-order valence-electron chi connectivity index (χ2n) is 14.3. The van der Waals surface area contributed by atoms with E-state index in [0.717, 1.165) is 44.9 Å². The van der Waals surface area contributed by atoms with E-state index in [2.05, 4.69) is 191 Å². The predicted octanol–water partition coefficient (Wildman–Crippen LogP) is 13.3. The number of rotatable bonds is 6. The van der Waals surface area contributed by atoms with Crippen LogP contribution in [0.4, 0.5) is 0 Å². The SMILES string of the molecule is c1ccc(-c2ccc(-c3cccc(-n4c5ccccc5c5cc6c(cc54)c4ccccc4n6-c4cc(-c5ccccc5)nc(-c5ccccc5)n4)c3)cc2)cc1. The van der Waals surface area contributed by atoms with Gasteiger partial charge in [-0.1, -0.05) is 164 Å². The molecule has 0 unspecified atom stereocenters. The highest BCUT2D eigenvalue weighted by atomic mass is 15.1. The van der Waals surface area contributed by atoms with Crippen molar-refractivity contribution in [1.82, 2.24) is 19.1 Å². The summed E-state index contributed by atoms with van der Waals surface area (Å²) in [6.45, 7) is 0. The molecule has 0 saturated carbocycles. The van der Waals surface area contributed by atoms with E-state index in [1.165, 1.54) is 49.3 Å². The molecule has 0 aliphatic rings. The van der Waals surface area contributed by atoms with Crippen LogP contribution >= 0.6 is 0 Å². The molecule has 4 nitrogen and oxygen atoms in total. The second kappa shape index (κ2) is 13.1. The second-order valence-corrected chi connectivity index (χ2v) is 14.3. The van der Waals surface area contributed by atoms with Gasteiger partial charge in [-0.3, -0.25) is 4.57 Å². The summed E-state index contributed by atoms with van der Waals surface area (Å²) >= 11 is 0. The van der Waals surface area contributed by atoms with Crippen LogP contribution in [0.25, 0.3) is 100 Å². The highest BCUT2D eigenvalue weighted by molar-refractivity contribution is 6.19. The molecule has 0 atom stereocenters. The molecule has 0 aliphatic carbocycles. The van der Waals surface area contributed by atoms with Crippen molar-refractivity contribution in [2.24, 2.45) is 0 Å². The number of para-hydroxylation sites is 2. The predicted molar refractivity (Wildman–Crippen MR) is 232 cm³/mol. The molecule has 11 aromatic rings. The molecule has 8 aromatic carbocycles. The molecule has 0 radical (unpaired) electrons. The summed E-state index contributed by atoms with van der Waals surface area (Å²) in [7, 11) is 0. The molecule has 0 N–H and O–H groups in total. The smallest absolute Gasteiger partial charge is 0.162 e. The van der Waals surface area contributed by atoms with Crippen molar-refractivity contribution in [3.05, 3.63) is 206 Å². The summed E-state index contributed by atoms with van der Waals surface area (Å²) in [6, 6.07) is 73.3. The van der Waals surface area contributed by atoms with E-state index in [9.17, 15) is 0 Å². The lowest BCUT2D eigenvalue weighted by molar-refractivity contribution is 1.05. The number of benzene rings is 8. The fraction of sp³-hybridized carbons (Fsp3) is 0. The van der Waals surface area contributed by atoms with E-state index in [1.54, 1.807) is 0 Å². The van der Waals surface area contributed by atoms with Crippen LogP contribution < -0.4 is 0 Å². The van der Waals surface area contributed by atoms with Crippen molar-refractivity contribution in [3.8, 4) is 56.4 Å². The maximum Gasteiger partial charge on any atom is 0.162 e. The lowest BCUT2D eigenvalue weighted by atomic mass is 10.00. The number of hydrogen-bond donors (Lipinski definition) is 0. The Kier molecular flexibility index (Phi) is 7.46. The normalized spacial score (nSPS) is 11.6. The molecule has 3 aromatic heterocycles. The molecule has 262 valence electrons. The Bertz CT molecular complexity index is 3160. The van der Waals surface area contributed by atoms with E-state index in [0.29, 0.717) is 5.82 Å². The summed E-state index contributed by atoms with van der Waals surface area (Å²) < 4.78 is 4.74. The lowest BCUT2D eigenvalue weighted by Gasteiger charge is -2.12. The average molecular weight is 715 g/mol. The summed E-state index contributed by atoms with van der Waals surface area (Å²) in [5, 5.41) is 4.74. The third-order valence-corrected chi connectivity index (χ3v) is 10.9. The molecule has 0 bridgehead atoms. The summed E-state index contributed by atoms with van der Waals surface area (Å²) in [5.74, 6) is 1.53. The first-order valence-electron chi connectivity index (χ1n) is 19.0. The molecule has 4 heteroatoms. The third-order valence-electron chi connectivity index (χ3n) is 10.9. The van der Waals surface area contributed by atoms with E-state index in [-0.39, 0.29) is 0 Å². The van der Waals surface area contributed by atoms with Crippen LogP contribution in [0.5, 0.6) is 0 Å². The molecule has 0 spiro atoms. The van der Waals surface area contributed by atoms with Gasteiger partial charge in [0.2, 0.25) is 0 Å². The van der Waals surface area contributed by atoms with Crippen LogP contribution in [0.2, 0.25) is 0 Å². The Labute approximate surface area is 324 Å². The zero-order valence-electron chi connectivity index (χ0n) is 30.4. The van der Waals surface area contributed by atoms with Crippen molar-refractivity contribution in [2.75, 3.05) is 0 Å². The molecule has 0 amide bonds. The van der Waals surface area contributed by atoms with Crippen LogP contribution in [0.15, 0.2) is 206 Å². The quantitative estimate of drug-likeness (QED) is 0.172. The van der Waals surface area contributed by atoms with E-state index < -0.39 is 0 Å². The van der Waals surface area contributed by atoms with Crippen molar-refractivity contribution in [1.29, 1.82) is 0 Å². The zero-order chi connectivity index (χ0) is 37.0. The number of aromatic nitrogens is 4. The van der Waals surface area contributed by atoms with Gasteiger partial charge >= 0.3 is 0 Å².